The number of carbonyl (C=O) groups excluding carboxylic acids is 1. The lowest BCUT2D eigenvalue weighted by Crippen LogP contribution is -2.29. The fourth-order valence-electron chi connectivity index (χ4n) is 3.65. The number of esters is 1. The van der Waals surface area contributed by atoms with Crippen molar-refractivity contribution in [3.8, 4) is 0 Å². The zero-order valence-corrected chi connectivity index (χ0v) is 22.0. The summed E-state index contributed by atoms with van der Waals surface area (Å²) in [6.07, 6.45) is 12.7. The number of carbonyl (C=O) groups is 2. The van der Waals surface area contributed by atoms with Crippen molar-refractivity contribution >= 4 is 11.9 Å². The minimum Gasteiger partial charge on any atom is -0.478 e. The molecule has 1 rings (SSSR count). The van der Waals surface area contributed by atoms with Gasteiger partial charge in [-0.15, -0.1) is 0 Å². The summed E-state index contributed by atoms with van der Waals surface area (Å²) in [6.45, 7) is 7.32. The lowest BCUT2D eigenvalue weighted by atomic mass is 10.1. The van der Waals surface area contributed by atoms with E-state index in [9.17, 15) is 14.7 Å². The van der Waals surface area contributed by atoms with Crippen LogP contribution in [0.3, 0.4) is 0 Å². The summed E-state index contributed by atoms with van der Waals surface area (Å²) >= 11 is 0. The zero-order valence-electron chi connectivity index (χ0n) is 22.0. The molecule has 1 atom stereocenters. The van der Waals surface area contributed by atoms with Crippen LogP contribution in [0.2, 0.25) is 0 Å². The van der Waals surface area contributed by atoms with E-state index in [-0.39, 0.29) is 17.7 Å². The van der Waals surface area contributed by atoms with E-state index in [1.807, 2.05) is 0 Å². The maximum absolute atomic E-state index is 12.4. The van der Waals surface area contributed by atoms with Gasteiger partial charge < -0.3 is 24.1 Å². The molecule has 0 bridgehead atoms. The minimum absolute atomic E-state index is 0.00866. The second-order valence-electron chi connectivity index (χ2n) is 8.86. The first kappa shape index (κ1) is 31.1. The zero-order chi connectivity index (χ0) is 25.7. The van der Waals surface area contributed by atoms with Crippen molar-refractivity contribution in [2.75, 3.05) is 19.8 Å². The van der Waals surface area contributed by atoms with E-state index >= 15 is 0 Å². The van der Waals surface area contributed by atoms with Gasteiger partial charge in [-0.3, -0.25) is 0 Å². The first-order valence-electron chi connectivity index (χ1n) is 13.4. The Kier molecular flexibility index (Phi) is 18.0. The molecular weight excluding hydrogens is 448 g/mol. The fraction of sp³-hybridized carbons (Fsp3) is 0.714. The van der Waals surface area contributed by atoms with E-state index in [1.54, 1.807) is 19.1 Å². The van der Waals surface area contributed by atoms with E-state index in [4.69, 9.17) is 18.9 Å². The van der Waals surface area contributed by atoms with Gasteiger partial charge in [0.2, 0.25) is 6.29 Å². The van der Waals surface area contributed by atoms with Crippen LogP contribution in [0.1, 0.15) is 119 Å². The number of hydrogen-bond acceptors (Lipinski definition) is 6. The van der Waals surface area contributed by atoms with Crippen LogP contribution in [0.25, 0.3) is 0 Å². The molecule has 7 heteroatoms. The van der Waals surface area contributed by atoms with Crippen molar-refractivity contribution in [2.24, 2.45) is 0 Å². The molecule has 1 aromatic carbocycles. The molecule has 0 radical (unpaired) electrons. The Morgan fingerprint density at radius 2 is 1.23 bits per heavy atom. The van der Waals surface area contributed by atoms with Gasteiger partial charge in [-0.05, 0) is 31.9 Å². The molecule has 1 unspecified atom stereocenters. The molecule has 0 saturated heterocycles. The van der Waals surface area contributed by atoms with E-state index in [1.165, 1.54) is 63.5 Å². The third-order valence-corrected chi connectivity index (χ3v) is 5.72. The normalized spacial score (nSPS) is 12.1. The van der Waals surface area contributed by atoms with Crippen molar-refractivity contribution in [3.63, 3.8) is 0 Å². The van der Waals surface area contributed by atoms with Crippen LogP contribution in [-0.4, -0.2) is 49.4 Å². The Morgan fingerprint density at radius 3 is 1.74 bits per heavy atom. The van der Waals surface area contributed by atoms with Crippen LogP contribution in [0.15, 0.2) is 24.3 Å². The Morgan fingerprint density at radius 1 is 0.743 bits per heavy atom. The fourth-order valence-corrected chi connectivity index (χ4v) is 3.65. The van der Waals surface area contributed by atoms with Gasteiger partial charge in [-0.25, -0.2) is 9.59 Å². The van der Waals surface area contributed by atoms with E-state index in [0.29, 0.717) is 13.2 Å². The lowest BCUT2D eigenvalue weighted by Gasteiger charge is -2.21. The van der Waals surface area contributed by atoms with Gasteiger partial charge in [0.15, 0.2) is 6.29 Å². The molecule has 0 spiro atoms. The number of aromatic carboxylic acids is 1. The third-order valence-electron chi connectivity index (χ3n) is 5.72. The van der Waals surface area contributed by atoms with Gasteiger partial charge in [0.25, 0.3) is 0 Å². The van der Waals surface area contributed by atoms with Crippen LogP contribution in [-0.2, 0) is 18.9 Å². The standard InChI is InChI=1S/C28H46O7/c1-4-6-8-10-12-16-20-32-26(33-21-17-13-11-9-7-5-2)22-34-23(3)35-28(31)25-19-15-14-18-24(25)27(29)30/h14-15,18-19,23,26H,4-13,16-17,20-22H2,1-3H3,(H,29,30). The summed E-state index contributed by atoms with van der Waals surface area (Å²) in [5.74, 6) is -1.93. The molecule has 0 saturated carbocycles. The largest absolute Gasteiger partial charge is 0.478 e. The predicted octanol–water partition coefficient (Wildman–Crippen LogP) is 6.98. The van der Waals surface area contributed by atoms with E-state index in [2.05, 4.69) is 13.8 Å². The van der Waals surface area contributed by atoms with Crippen LogP contribution < -0.4 is 0 Å². The van der Waals surface area contributed by atoms with E-state index in [0.717, 1.165) is 25.7 Å². The molecule has 0 aliphatic carbocycles. The Balaban J connectivity index is 2.46. The molecule has 0 aliphatic heterocycles. The maximum atomic E-state index is 12.4. The van der Waals surface area contributed by atoms with Crippen molar-refractivity contribution in [3.05, 3.63) is 35.4 Å². The quantitative estimate of drug-likeness (QED) is 0.106. The number of hydrogen-bond donors (Lipinski definition) is 1. The summed E-state index contributed by atoms with van der Waals surface area (Å²) in [5, 5.41) is 9.28. The van der Waals surface area contributed by atoms with Crippen molar-refractivity contribution in [1.29, 1.82) is 0 Å². The first-order valence-corrected chi connectivity index (χ1v) is 13.4. The van der Waals surface area contributed by atoms with Crippen LogP contribution in [0.5, 0.6) is 0 Å². The molecule has 1 N–H and O–H groups in total. The SMILES string of the molecule is CCCCCCCCOC(COC(C)OC(=O)c1ccccc1C(=O)O)OCCCCCCCC. The highest BCUT2D eigenvalue weighted by Gasteiger charge is 2.20. The smallest absolute Gasteiger partial charge is 0.341 e. The van der Waals surface area contributed by atoms with Crippen LogP contribution in [0.4, 0.5) is 0 Å². The number of ether oxygens (including phenoxy) is 4. The first-order chi connectivity index (χ1) is 17.0. The molecule has 200 valence electrons. The second-order valence-corrected chi connectivity index (χ2v) is 8.86. The monoisotopic (exact) mass is 494 g/mol. The molecular formula is C28H46O7. The molecule has 35 heavy (non-hydrogen) atoms. The number of carboxylic acids is 1. The average molecular weight is 495 g/mol. The Hall–Kier alpha value is -1.96. The molecule has 0 aliphatic rings. The van der Waals surface area contributed by atoms with E-state index < -0.39 is 24.5 Å². The van der Waals surface area contributed by atoms with Crippen LogP contribution >= 0.6 is 0 Å². The third kappa shape index (κ3) is 14.9. The Labute approximate surface area is 211 Å². The summed E-state index contributed by atoms with van der Waals surface area (Å²) in [5.41, 5.74) is -0.113. The lowest BCUT2D eigenvalue weighted by molar-refractivity contribution is -0.204. The van der Waals surface area contributed by atoms with Crippen molar-refractivity contribution in [2.45, 2.75) is 110 Å². The van der Waals surface area contributed by atoms with Gasteiger partial charge >= 0.3 is 11.9 Å². The summed E-state index contributed by atoms with van der Waals surface area (Å²) < 4.78 is 22.8. The number of carboxylic acid groups (broad SMARTS) is 1. The van der Waals surface area contributed by atoms with Crippen molar-refractivity contribution < 1.29 is 33.6 Å². The van der Waals surface area contributed by atoms with Crippen molar-refractivity contribution in [1.82, 2.24) is 0 Å². The number of rotatable bonds is 22. The summed E-state index contributed by atoms with van der Waals surface area (Å²) in [4.78, 5) is 23.8. The summed E-state index contributed by atoms with van der Waals surface area (Å²) in [6, 6.07) is 5.95. The molecule has 0 fully saturated rings. The molecule has 0 aromatic heterocycles. The summed E-state index contributed by atoms with van der Waals surface area (Å²) in [7, 11) is 0. The van der Waals surface area contributed by atoms with Gasteiger partial charge in [-0.2, -0.15) is 0 Å². The minimum atomic E-state index is -1.18. The van der Waals surface area contributed by atoms with Gasteiger partial charge in [0.05, 0.1) is 11.1 Å². The molecule has 7 nitrogen and oxygen atoms in total. The second kappa shape index (κ2) is 20.3. The molecule has 0 heterocycles. The number of benzene rings is 1. The highest BCUT2D eigenvalue weighted by atomic mass is 16.7. The number of unbranched alkanes of at least 4 members (excludes halogenated alkanes) is 10. The topological polar surface area (TPSA) is 91.3 Å². The molecule has 1 aromatic rings. The highest BCUT2D eigenvalue weighted by Crippen LogP contribution is 2.13. The average Bonchev–Trinajstić information content (AvgIpc) is 2.85. The van der Waals surface area contributed by atoms with Gasteiger partial charge in [0.1, 0.15) is 6.61 Å². The molecule has 0 amide bonds. The van der Waals surface area contributed by atoms with Gasteiger partial charge in [0, 0.05) is 13.2 Å². The Bertz CT molecular complexity index is 674. The van der Waals surface area contributed by atoms with Gasteiger partial charge in [-0.1, -0.05) is 90.2 Å². The predicted molar refractivity (Wildman–Crippen MR) is 137 cm³/mol. The maximum Gasteiger partial charge on any atom is 0.341 e. The van der Waals surface area contributed by atoms with Crippen LogP contribution in [0, 0.1) is 0 Å². The highest BCUT2D eigenvalue weighted by molar-refractivity contribution is 6.02.